The summed E-state index contributed by atoms with van der Waals surface area (Å²) in [7, 11) is 0. The number of urea groups is 1. The summed E-state index contributed by atoms with van der Waals surface area (Å²) < 4.78 is 36.8. The molecule has 0 bridgehead atoms. The van der Waals surface area contributed by atoms with Gasteiger partial charge in [-0.25, -0.2) is 9.59 Å². The Bertz CT molecular complexity index is 310. The van der Waals surface area contributed by atoms with Crippen molar-refractivity contribution < 1.29 is 33.0 Å². The Kier molecular flexibility index (Phi) is 7.20. The van der Waals surface area contributed by atoms with Crippen LogP contribution < -0.4 is 5.32 Å². The molecule has 2 amide bonds. The van der Waals surface area contributed by atoms with E-state index in [1.165, 1.54) is 0 Å². The average molecular weight is 286 g/mol. The minimum Gasteiger partial charge on any atom is -0.480 e. The highest BCUT2D eigenvalue weighted by Gasteiger charge is 2.33. The number of carboxylic acids is 1. The molecule has 3 N–H and O–H groups in total. The van der Waals surface area contributed by atoms with Crippen LogP contribution in [0.4, 0.5) is 18.0 Å². The molecule has 0 saturated heterocycles. The Balaban J connectivity index is 4.65. The number of nitrogens with one attached hydrogen (secondary N) is 1. The maximum absolute atomic E-state index is 12.3. The van der Waals surface area contributed by atoms with Crippen LogP contribution in [0.1, 0.15) is 19.8 Å². The Morgan fingerprint density at radius 2 is 1.95 bits per heavy atom. The van der Waals surface area contributed by atoms with E-state index < -0.39 is 37.4 Å². The van der Waals surface area contributed by atoms with Gasteiger partial charge in [-0.15, -0.1) is 0 Å². The van der Waals surface area contributed by atoms with Crippen molar-refractivity contribution in [2.24, 2.45) is 0 Å². The zero-order valence-electron chi connectivity index (χ0n) is 10.4. The molecule has 0 rings (SSSR count). The normalized spacial score (nSPS) is 12.9. The molecule has 0 spiro atoms. The zero-order valence-corrected chi connectivity index (χ0v) is 10.4. The Morgan fingerprint density at radius 1 is 1.37 bits per heavy atom. The summed E-state index contributed by atoms with van der Waals surface area (Å²) >= 11 is 0. The minimum atomic E-state index is -4.55. The van der Waals surface area contributed by atoms with Gasteiger partial charge in [0.15, 0.2) is 0 Å². The van der Waals surface area contributed by atoms with Gasteiger partial charge in [0.1, 0.15) is 12.6 Å². The number of alkyl halides is 3. The summed E-state index contributed by atoms with van der Waals surface area (Å²) in [5.41, 5.74) is 0. The van der Waals surface area contributed by atoms with E-state index in [1.807, 2.05) is 5.32 Å². The molecule has 0 saturated carbocycles. The Hall–Kier alpha value is -1.51. The largest absolute Gasteiger partial charge is 0.480 e. The monoisotopic (exact) mass is 286 g/mol. The van der Waals surface area contributed by atoms with E-state index in [0.29, 0.717) is 11.3 Å². The molecular weight excluding hydrogens is 269 g/mol. The number of carbonyl (C=O) groups is 2. The van der Waals surface area contributed by atoms with Crippen LogP contribution in [0, 0.1) is 0 Å². The second-order valence-electron chi connectivity index (χ2n) is 3.89. The minimum absolute atomic E-state index is 0.142. The molecule has 9 heteroatoms. The maximum atomic E-state index is 12.3. The van der Waals surface area contributed by atoms with Gasteiger partial charge in [0.25, 0.3) is 0 Å². The molecule has 6 nitrogen and oxygen atoms in total. The topological polar surface area (TPSA) is 89.9 Å². The molecule has 0 aliphatic carbocycles. The van der Waals surface area contributed by atoms with Gasteiger partial charge < -0.3 is 20.4 Å². The predicted octanol–water partition coefficient (Wildman–Crippen LogP) is 0.806. The highest BCUT2D eigenvalue weighted by molar-refractivity contribution is 5.82. The van der Waals surface area contributed by atoms with Crippen molar-refractivity contribution >= 4 is 12.0 Å². The Labute approximate surface area is 108 Å². The van der Waals surface area contributed by atoms with Gasteiger partial charge in [0.2, 0.25) is 0 Å². The molecular formula is C10H17F3N2O4. The highest BCUT2D eigenvalue weighted by atomic mass is 19.4. The third-order valence-electron chi connectivity index (χ3n) is 2.16. The van der Waals surface area contributed by atoms with E-state index in [9.17, 15) is 22.8 Å². The van der Waals surface area contributed by atoms with Gasteiger partial charge in [-0.2, -0.15) is 13.2 Å². The predicted molar refractivity (Wildman–Crippen MR) is 59.6 cm³/mol. The van der Waals surface area contributed by atoms with Crippen molar-refractivity contribution in [3.63, 3.8) is 0 Å². The van der Waals surface area contributed by atoms with Gasteiger partial charge in [-0.05, 0) is 6.42 Å². The van der Waals surface area contributed by atoms with E-state index in [1.54, 1.807) is 6.92 Å². The number of halogens is 3. The summed E-state index contributed by atoms with van der Waals surface area (Å²) in [6.45, 7) is -0.488. The summed E-state index contributed by atoms with van der Waals surface area (Å²) in [5.74, 6) is -1.41. The number of hydrogen-bond donors (Lipinski definition) is 3. The second kappa shape index (κ2) is 7.82. The van der Waals surface area contributed by atoms with E-state index in [-0.39, 0.29) is 13.0 Å². The summed E-state index contributed by atoms with van der Waals surface area (Å²) in [6.07, 6.45) is -4.52. The molecule has 0 heterocycles. The molecule has 0 radical (unpaired) electrons. The fourth-order valence-corrected chi connectivity index (χ4v) is 1.37. The zero-order chi connectivity index (χ0) is 15.1. The van der Waals surface area contributed by atoms with Crippen molar-refractivity contribution in [2.45, 2.75) is 32.0 Å². The van der Waals surface area contributed by atoms with Crippen LogP contribution in [0.25, 0.3) is 0 Å². The van der Waals surface area contributed by atoms with Crippen molar-refractivity contribution in [3.8, 4) is 0 Å². The molecule has 112 valence electrons. The number of hydrogen-bond acceptors (Lipinski definition) is 3. The van der Waals surface area contributed by atoms with Crippen LogP contribution in [0.5, 0.6) is 0 Å². The molecule has 0 fully saturated rings. The number of nitrogens with zero attached hydrogens (tertiary/aromatic N) is 1. The lowest BCUT2D eigenvalue weighted by Crippen LogP contribution is -2.50. The van der Waals surface area contributed by atoms with Crippen LogP contribution in [-0.4, -0.2) is 59.0 Å². The number of aliphatic carboxylic acids is 1. The SMILES string of the molecule is CCCN(CC(F)(F)F)C(=O)N[C@H](CCO)C(=O)O. The fourth-order valence-electron chi connectivity index (χ4n) is 1.37. The van der Waals surface area contributed by atoms with Crippen LogP contribution in [-0.2, 0) is 4.79 Å². The number of aliphatic hydroxyl groups excluding tert-OH is 1. The third kappa shape index (κ3) is 7.50. The lowest BCUT2D eigenvalue weighted by atomic mass is 10.2. The number of aliphatic hydroxyl groups is 1. The summed E-state index contributed by atoms with van der Waals surface area (Å²) in [5, 5.41) is 19.3. The van der Waals surface area contributed by atoms with Crippen LogP contribution in [0.3, 0.4) is 0 Å². The van der Waals surface area contributed by atoms with E-state index in [0.717, 1.165) is 0 Å². The third-order valence-corrected chi connectivity index (χ3v) is 2.16. The molecule has 0 aromatic heterocycles. The van der Waals surface area contributed by atoms with E-state index in [4.69, 9.17) is 10.2 Å². The Morgan fingerprint density at radius 3 is 2.32 bits per heavy atom. The lowest BCUT2D eigenvalue weighted by Gasteiger charge is -2.25. The van der Waals surface area contributed by atoms with E-state index in [2.05, 4.69) is 0 Å². The summed E-state index contributed by atoms with van der Waals surface area (Å²) in [4.78, 5) is 22.8. The fraction of sp³-hybridized carbons (Fsp3) is 0.800. The number of carbonyl (C=O) groups excluding carboxylic acids is 1. The lowest BCUT2D eigenvalue weighted by molar-refractivity contribution is -0.141. The quantitative estimate of drug-likeness (QED) is 0.646. The van der Waals surface area contributed by atoms with Crippen molar-refractivity contribution in [1.29, 1.82) is 0 Å². The second-order valence-corrected chi connectivity index (χ2v) is 3.89. The molecule has 0 aliphatic heterocycles. The van der Waals surface area contributed by atoms with Gasteiger partial charge in [0.05, 0.1) is 0 Å². The standard InChI is InChI=1S/C10H17F3N2O4/c1-2-4-15(6-10(11,12)13)9(19)14-7(3-5-16)8(17)18/h7,16H,2-6H2,1H3,(H,14,19)(H,17,18)/t7-/m1/s1. The first-order valence-corrected chi connectivity index (χ1v) is 5.67. The summed E-state index contributed by atoms with van der Waals surface area (Å²) in [6, 6.07) is -2.52. The van der Waals surface area contributed by atoms with Crippen molar-refractivity contribution in [2.75, 3.05) is 19.7 Å². The van der Waals surface area contributed by atoms with Crippen LogP contribution >= 0.6 is 0 Å². The maximum Gasteiger partial charge on any atom is 0.406 e. The van der Waals surface area contributed by atoms with Crippen molar-refractivity contribution in [1.82, 2.24) is 10.2 Å². The molecule has 1 atom stereocenters. The van der Waals surface area contributed by atoms with Gasteiger partial charge in [-0.3, -0.25) is 0 Å². The van der Waals surface area contributed by atoms with Gasteiger partial charge in [-0.1, -0.05) is 6.92 Å². The van der Waals surface area contributed by atoms with Crippen LogP contribution in [0.2, 0.25) is 0 Å². The first-order chi connectivity index (χ1) is 8.71. The molecule has 0 unspecified atom stereocenters. The number of rotatable bonds is 7. The molecule has 0 aliphatic rings. The molecule has 19 heavy (non-hydrogen) atoms. The first-order valence-electron chi connectivity index (χ1n) is 5.67. The van der Waals surface area contributed by atoms with Crippen molar-refractivity contribution in [3.05, 3.63) is 0 Å². The average Bonchev–Trinajstić information content (AvgIpc) is 2.25. The van der Waals surface area contributed by atoms with E-state index >= 15 is 0 Å². The number of carboxylic acid groups (broad SMARTS) is 1. The first kappa shape index (κ1) is 17.5. The highest BCUT2D eigenvalue weighted by Crippen LogP contribution is 2.16. The molecule has 0 aromatic carbocycles. The molecule has 0 aromatic rings. The smallest absolute Gasteiger partial charge is 0.406 e. The number of amides is 2. The van der Waals surface area contributed by atoms with Crippen LogP contribution in [0.15, 0.2) is 0 Å². The van der Waals surface area contributed by atoms with Gasteiger partial charge >= 0.3 is 18.2 Å². The van der Waals surface area contributed by atoms with Gasteiger partial charge in [0, 0.05) is 19.6 Å².